The molecule has 1 aromatic rings. The summed E-state index contributed by atoms with van der Waals surface area (Å²) >= 11 is 0. The van der Waals surface area contributed by atoms with Crippen molar-refractivity contribution in [1.82, 2.24) is 4.98 Å². The molecule has 1 heterocycles. The number of nitrogens with two attached hydrogens (primary N) is 1. The van der Waals surface area contributed by atoms with E-state index in [0.29, 0.717) is 13.0 Å². The van der Waals surface area contributed by atoms with E-state index in [4.69, 9.17) is 10.5 Å². The highest BCUT2D eigenvalue weighted by atomic mass is 16.5. The summed E-state index contributed by atoms with van der Waals surface area (Å²) in [6.07, 6.45) is 2.19. The predicted octanol–water partition coefficient (Wildman–Crippen LogP) is 0.823. The van der Waals surface area contributed by atoms with Crippen molar-refractivity contribution in [2.75, 3.05) is 6.61 Å². The van der Waals surface area contributed by atoms with Crippen molar-refractivity contribution in [3.8, 4) is 0 Å². The van der Waals surface area contributed by atoms with Gasteiger partial charge in [0.05, 0.1) is 6.61 Å². The van der Waals surface area contributed by atoms with Gasteiger partial charge in [0.1, 0.15) is 6.04 Å². The Kier molecular flexibility index (Phi) is 4.24. The summed E-state index contributed by atoms with van der Waals surface area (Å²) in [5.41, 5.74) is 7.56. The highest BCUT2D eigenvalue weighted by Crippen LogP contribution is 2.03. The Labute approximate surface area is 89.5 Å². The summed E-state index contributed by atoms with van der Waals surface area (Å²) in [5, 5.41) is 0. The quantitative estimate of drug-likeness (QED) is 0.744. The molecule has 0 aliphatic rings. The summed E-state index contributed by atoms with van der Waals surface area (Å²) in [6.45, 7) is 4.03. The van der Waals surface area contributed by atoms with E-state index in [9.17, 15) is 4.79 Å². The van der Waals surface area contributed by atoms with Gasteiger partial charge in [0.25, 0.3) is 0 Å². The number of aryl methyl sites for hydroxylation is 1. The van der Waals surface area contributed by atoms with E-state index in [-0.39, 0.29) is 5.97 Å². The third-order valence-corrected chi connectivity index (χ3v) is 2.02. The van der Waals surface area contributed by atoms with Crippen LogP contribution in [0.4, 0.5) is 0 Å². The van der Waals surface area contributed by atoms with Gasteiger partial charge in [0.2, 0.25) is 0 Å². The molecule has 0 aliphatic carbocycles. The maximum Gasteiger partial charge on any atom is 0.323 e. The summed E-state index contributed by atoms with van der Waals surface area (Å²) in [7, 11) is 0. The summed E-state index contributed by atoms with van der Waals surface area (Å²) in [5.74, 6) is -0.363. The topological polar surface area (TPSA) is 65.2 Å². The molecule has 82 valence electrons. The second kappa shape index (κ2) is 5.46. The standard InChI is InChI=1S/C11H16N2O2/c1-3-15-11(14)10(12)6-9-5-4-8(2)13-7-9/h4-5,7,10H,3,6,12H2,1-2H3. The van der Waals surface area contributed by atoms with Crippen LogP contribution in [0.15, 0.2) is 18.3 Å². The number of hydrogen-bond acceptors (Lipinski definition) is 4. The SMILES string of the molecule is CCOC(=O)C(N)Cc1ccc(C)nc1. The zero-order chi connectivity index (χ0) is 11.3. The van der Waals surface area contributed by atoms with Gasteiger partial charge in [-0.1, -0.05) is 6.07 Å². The number of aromatic nitrogens is 1. The van der Waals surface area contributed by atoms with Crippen LogP contribution in [0.1, 0.15) is 18.2 Å². The van der Waals surface area contributed by atoms with E-state index in [0.717, 1.165) is 11.3 Å². The maximum absolute atomic E-state index is 11.2. The molecule has 1 atom stereocenters. The van der Waals surface area contributed by atoms with Gasteiger partial charge in [-0.15, -0.1) is 0 Å². The molecule has 0 saturated heterocycles. The normalized spacial score (nSPS) is 12.2. The summed E-state index contributed by atoms with van der Waals surface area (Å²) in [4.78, 5) is 15.4. The van der Waals surface area contributed by atoms with E-state index in [2.05, 4.69) is 4.98 Å². The molecule has 4 heteroatoms. The molecule has 1 aromatic heterocycles. The number of esters is 1. The van der Waals surface area contributed by atoms with Crippen LogP contribution < -0.4 is 5.73 Å². The average Bonchev–Trinajstić information content (AvgIpc) is 2.22. The maximum atomic E-state index is 11.2. The van der Waals surface area contributed by atoms with E-state index >= 15 is 0 Å². The molecule has 1 rings (SSSR count). The van der Waals surface area contributed by atoms with Crippen LogP contribution in [0, 0.1) is 6.92 Å². The number of carbonyl (C=O) groups is 1. The summed E-state index contributed by atoms with van der Waals surface area (Å²) < 4.78 is 4.82. The lowest BCUT2D eigenvalue weighted by Crippen LogP contribution is -2.34. The second-order valence-corrected chi connectivity index (χ2v) is 3.37. The van der Waals surface area contributed by atoms with Gasteiger partial charge in [0, 0.05) is 11.9 Å². The van der Waals surface area contributed by atoms with Crippen molar-refractivity contribution in [3.05, 3.63) is 29.6 Å². The van der Waals surface area contributed by atoms with Crippen LogP contribution in [0.3, 0.4) is 0 Å². The van der Waals surface area contributed by atoms with Crippen LogP contribution >= 0.6 is 0 Å². The number of carbonyl (C=O) groups excluding carboxylic acids is 1. The van der Waals surface area contributed by atoms with Crippen molar-refractivity contribution in [2.24, 2.45) is 5.73 Å². The first-order valence-electron chi connectivity index (χ1n) is 4.97. The van der Waals surface area contributed by atoms with Gasteiger partial charge in [-0.25, -0.2) is 0 Å². The molecule has 0 saturated carbocycles. The van der Waals surface area contributed by atoms with E-state index in [1.165, 1.54) is 0 Å². The van der Waals surface area contributed by atoms with Crippen molar-refractivity contribution < 1.29 is 9.53 Å². The van der Waals surface area contributed by atoms with Gasteiger partial charge in [-0.3, -0.25) is 9.78 Å². The number of hydrogen-bond donors (Lipinski definition) is 1. The monoisotopic (exact) mass is 208 g/mol. The first kappa shape index (κ1) is 11.7. The molecule has 0 bridgehead atoms. The summed E-state index contributed by atoms with van der Waals surface area (Å²) in [6, 6.07) is 3.21. The minimum atomic E-state index is -0.602. The fraction of sp³-hybridized carbons (Fsp3) is 0.455. The van der Waals surface area contributed by atoms with Gasteiger partial charge in [-0.05, 0) is 31.9 Å². The highest BCUT2D eigenvalue weighted by Gasteiger charge is 2.14. The van der Waals surface area contributed by atoms with Crippen LogP contribution in [-0.4, -0.2) is 23.6 Å². The van der Waals surface area contributed by atoms with E-state index in [1.54, 1.807) is 13.1 Å². The Hall–Kier alpha value is -1.42. The lowest BCUT2D eigenvalue weighted by molar-refractivity contribution is -0.144. The Morgan fingerprint density at radius 1 is 1.60 bits per heavy atom. The molecule has 0 aromatic carbocycles. The highest BCUT2D eigenvalue weighted by molar-refractivity contribution is 5.75. The largest absolute Gasteiger partial charge is 0.465 e. The van der Waals surface area contributed by atoms with Crippen molar-refractivity contribution >= 4 is 5.97 Å². The van der Waals surface area contributed by atoms with Crippen molar-refractivity contribution in [2.45, 2.75) is 26.3 Å². The Balaban J connectivity index is 2.54. The lowest BCUT2D eigenvalue weighted by atomic mass is 10.1. The second-order valence-electron chi connectivity index (χ2n) is 3.37. The van der Waals surface area contributed by atoms with E-state index < -0.39 is 6.04 Å². The Bertz CT molecular complexity index is 322. The lowest BCUT2D eigenvalue weighted by Gasteiger charge is -2.10. The fourth-order valence-corrected chi connectivity index (χ4v) is 1.21. The molecule has 0 aliphatic heterocycles. The predicted molar refractivity (Wildman–Crippen MR) is 57.3 cm³/mol. The molecule has 0 spiro atoms. The molecule has 0 amide bonds. The van der Waals surface area contributed by atoms with Crippen molar-refractivity contribution in [3.63, 3.8) is 0 Å². The minimum absolute atomic E-state index is 0.360. The molecule has 0 radical (unpaired) electrons. The van der Waals surface area contributed by atoms with Crippen LogP contribution in [0.25, 0.3) is 0 Å². The van der Waals surface area contributed by atoms with Crippen LogP contribution in [-0.2, 0) is 16.0 Å². The Morgan fingerprint density at radius 3 is 2.87 bits per heavy atom. The number of rotatable bonds is 4. The van der Waals surface area contributed by atoms with Crippen molar-refractivity contribution in [1.29, 1.82) is 0 Å². The van der Waals surface area contributed by atoms with Crippen LogP contribution in [0.5, 0.6) is 0 Å². The zero-order valence-electron chi connectivity index (χ0n) is 9.06. The third kappa shape index (κ3) is 3.67. The number of ether oxygens (including phenoxy) is 1. The van der Waals surface area contributed by atoms with E-state index in [1.807, 2.05) is 19.1 Å². The molecule has 2 N–H and O–H groups in total. The van der Waals surface area contributed by atoms with Gasteiger partial charge >= 0.3 is 5.97 Å². The molecular weight excluding hydrogens is 192 g/mol. The molecule has 1 unspecified atom stereocenters. The minimum Gasteiger partial charge on any atom is -0.465 e. The van der Waals surface area contributed by atoms with Crippen LogP contribution in [0.2, 0.25) is 0 Å². The number of nitrogens with zero attached hydrogens (tertiary/aromatic N) is 1. The fourth-order valence-electron chi connectivity index (χ4n) is 1.21. The Morgan fingerprint density at radius 2 is 2.33 bits per heavy atom. The average molecular weight is 208 g/mol. The molecule has 15 heavy (non-hydrogen) atoms. The first-order chi connectivity index (χ1) is 7.13. The molecule has 4 nitrogen and oxygen atoms in total. The van der Waals surface area contributed by atoms with Gasteiger partial charge < -0.3 is 10.5 Å². The zero-order valence-corrected chi connectivity index (χ0v) is 9.06. The first-order valence-corrected chi connectivity index (χ1v) is 4.97. The third-order valence-electron chi connectivity index (χ3n) is 2.02. The smallest absolute Gasteiger partial charge is 0.323 e. The molecular formula is C11H16N2O2. The van der Waals surface area contributed by atoms with Gasteiger partial charge in [-0.2, -0.15) is 0 Å². The number of pyridine rings is 1. The molecule has 0 fully saturated rings. The van der Waals surface area contributed by atoms with Gasteiger partial charge in [0.15, 0.2) is 0 Å².